The van der Waals surface area contributed by atoms with Crippen LogP contribution < -0.4 is 9.64 Å². The summed E-state index contributed by atoms with van der Waals surface area (Å²) >= 11 is 0. The molecule has 7 nitrogen and oxygen atoms in total. The van der Waals surface area contributed by atoms with E-state index in [2.05, 4.69) is 29.1 Å². The molecule has 2 saturated heterocycles. The molecule has 3 aromatic rings. The van der Waals surface area contributed by atoms with Crippen LogP contribution in [-0.4, -0.2) is 53.9 Å². The first kappa shape index (κ1) is 23.6. The lowest BCUT2D eigenvalue weighted by Gasteiger charge is -2.30. The summed E-state index contributed by atoms with van der Waals surface area (Å²) in [5.74, 6) is 0.813. The Balaban J connectivity index is 1.38. The van der Waals surface area contributed by atoms with Gasteiger partial charge in [-0.05, 0) is 74.5 Å². The maximum atomic E-state index is 13.8. The van der Waals surface area contributed by atoms with Crippen molar-refractivity contribution in [1.29, 1.82) is 0 Å². The number of hydrogen-bond acceptors (Lipinski definition) is 5. The molecule has 2 aliphatic rings. The van der Waals surface area contributed by atoms with Crippen molar-refractivity contribution in [2.75, 3.05) is 38.3 Å². The minimum absolute atomic E-state index is 0.0241. The zero-order valence-corrected chi connectivity index (χ0v) is 20.3. The first-order valence-corrected chi connectivity index (χ1v) is 12.4. The fraction of sp³-hybridized carbons (Fsp3) is 0.393. The summed E-state index contributed by atoms with van der Waals surface area (Å²) in [5.41, 5.74) is 3.95. The maximum absolute atomic E-state index is 13.8. The number of methoxy groups -OCH3 is 1. The molecular formula is C28H33N4O3. The Morgan fingerprint density at radius 1 is 1.09 bits per heavy atom. The van der Waals surface area contributed by atoms with Crippen molar-refractivity contribution in [1.82, 2.24) is 14.7 Å². The summed E-state index contributed by atoms with van der Waals surface area (Å²) in [6, 6.07) is 15.6. The SMILES string of the molecule is [CH2]CN1CCCN(c2ccc(-c3cnn(C4CCCCO4)c3)cc2)C(=O)C1c1cccc(OC)c1. The first-order chi connectivity index (χ1) is 17.2. The molecule has 35 heavy (non-hydrogen) atoms. The minimum atomic E-state index is -0.390. The highest BCUT2D eigenvalue weighted by Crippen LogP contribution is 2.32. The second kappa shape index (κ2) is 10.6. The zero-order chi connectivity index (χ0) is 24.2. The van der Waals surface area contributed by atoms with Crippen LogP contribution in [0.2, 0.25) is 0 Å². The fourth-order valence-corrected chi connectivity index (χ4v) is 5.05. The van der Waals surface area contributed by atoms with Gasteiger partial charge in [-0.15, -0.1) is 0 Å². The zero-order valence-electron chi connectivity index (χ0n) is 20.3. The molecule has 0 saturated carbocycles. The smallest absolute Gasteiger partial charge is 0.248 e. The Morgan fingerprint density at radius 2 is 1.94 bits per heavy atom. The van der Waals surface area contributed by atoms with Crippen molar-refractivity contribution in [3.8, 4) is 16.9 Å². The third-order valence-corrected chi connectivity index (χ3v) is 6.95. The van der Waals surface area contributed by atoms with E-state index < -0.39 is 6.04 Å². The molecule has 2 unspecified atom stereocenters. The normalized spacial score (nSPS) is 21.7. The van der Waals surface area contributed by atoms with Gasteiger partial charge in [-0.2, -0.15) is 5.10 Å². The highest BCUT2D eigenvalue weighted by Gasteiger charge is 2.34. The maximum Gasteiger partial charge on any atom is 0.248 e. The predicted octanol–water partition coefficient (Wildman–Crippen LogP) is 4.87. The molecule has 7 heteroatoms. The number of benzene rings is 2. The molecule has 0 spiro atoms. The van der Waals surface area contributed by atoms with Gasteiger partial charge >= 0.3 is 0 Å². The Labute approximate surface area is 207 Å². The monoisotopic (exact) mass is 473 g/mol. The predicted molar refractivity (Wildman–Crippen MR) is 136 cm³/mol. The van der Waals surface area contributed by atoms with Gasteiger partial charge in [0.2, 0.25) is 5.91 Å². The first-order valence-electron chi connectivity index (χ1n) is 12.4. The average Bonchev–Trinajstić information content (AvgIpc) is 3.35. The van der Waals surface area contributed by atoms with Gasteiger partial charge in [0.05, 0.1) is 13.3 Å². The van der Waals surface area contributed by atoms with Gasteiger partial charge in [0.25, 0.3) is 0 Å². The van der Waals surface area contributed by atoms with E-state index in [1.807, 2.05) is 58.4 Å². The quantitative estimate of drug-likeness (QED) is 0.511. The number of nitrogens with zero attached hydrogens (tertiary/aromatic N) is 4. The number of aromatic nitrogens is 2. The molecule has 2 aliphatic heterocycles. The van der Waals surface area contributed by atoms with Crippen molar-refractivity contribution in [3.63, 3.8) is 0 Å². The topological polar surface area (TPSA) is 59.8 Å². The van der Waals surface area contributed by atoms with Crippen molar-refractivity contribution in [2.24, 2.45) is 0 Å². The second-order valence-electron chi connectivity index (χ2n) is 9.14. The van der Waals surface area contributed by atoms with Gasteiger partial charge in [0, 0.05) is 37.1 Å². The second-order valence-corrected chi connectivity index (χ2v) is 9.14. The Hall–Kier alpha value is -3.16. The van der Waals surface area contributed by atoms with Crippen LogP contribution in [0, 0.1) is 6.92 Å². The number of amides is 1. The van der Waals surface area contributed by atoms with Crippen LogP contribution in [-0.2, 0) is 9.53 Å². The lowest BCUT2D eigenvalue weighted by Crippen LogP contribution is -2.40. The van der Waals surface area contributed by atoms with Crippen LogP contribution in [0.4, 0.5) is 5.69 Å². The van der Waals surface area contributed by atoms with E-state index in [-0.39, 0.29) is 12.1 Å². The van der Waals surface area contributed by atoms with Crippen LogP contribution >= 0.6 is 0 Å². The molecule has 5 rings (SSSR count). The molecule has 2 fully saturated rings. The van der Waals surface area contributed by atoms with E-state index in [0.717, 1.165) is 60.5 Å². The van der Waals surface area contributed by atoms with Crippen molar-refractivity contribution < 1.29 is 14.3 Å². The number of carbonyl (C=O) groups is 1. The molecule has 2 atom stereocenters. The Bertz CT molecular complexity index is 1140. The number of anilines is 1. The number of carbonyl (C=O) groups excluding carboxylic acids is 1. The van der Waals surface area contributed by atoms with Crippen molar-refractivity contribution in [3.05, 3.63) is 73.4 Å². The number of ether oxygens (including phenoxy) is 2. The van der Waals surface area contributed by atoms with E-state index >= 15 is 0 Å². The van der Waals surface area contributed by atoms with Crippen molar-refractivity contribution >= 4 is 11.6 Å². The summed E-state index contributed by atoms with van der Waals surface area (Å²) in [7, 11) is 1.65. The number of rotatable bonds is 6. The molecular weight excluding hydrogens is 440 g/mol. The molecule has 0 bridgehead atoms. The Kier molecular flexibility index (Phi) is 7.16. The molecule has 0 N–H and O–H groups in total. The van der Waals surface area contributed by atoms with Crippen LogP contribution in [0.1, 0.15) is 43.5 Å². The van der Waals surface area contributed by atoms with E-state index in [1.165, 1.54) is 6.42 Å². The van der Waals surface area contributed by atoms with Gasteiger partial charge in [-0.1, -0.05) is 24.3 Å². The van der Waals surface area contributed by atoms with E-state index in [1.54, 1.807) is 7.11 Å². The lowest BCUT2D eigenvalue weighted by molar-refractivity contribution is -0.123. The Morgan fingerprint density at radius 3 is 2.69 bits per heavy atom. The molecule has 2 aromatic carbocycles. The third kappa shape index (κ3) is 4.97. The van der Waals surface area contributed by atoms with Crippen LogP contribution in [0.25, 0.3) is 11.1 Å². The van der Waals surface area contributed by atoms with Crippen LogP contribution in [0.15, 0.2) is 60.9 Å². The lowest BCUT2D eigenvalue weighted by atomic mass is 10.0. The minimum Gasteiger partial charge on any atom is -0.497 e. The van der Waals surface area contributed by atoms with E-state index in [0.29, 0.717) is 13.1 Å². The molecule has 1 radical (unpaired) electrons. The van der Waals surface area contributed by atoms with Gasteiger partial charge in [0.15, 0.2) is 0 Å². The van der Waals surface area contributed by atoms with Gasteiger partial charge in [-0.25, -0.2) is 4.68 Å². The molecule has 3 heterocycles. The van der Waals surface area contributed by atoms with E-state index in [4.69, 9.17) is 9.47 Å². The summed E-state index contributed by atoms with van der Waals surface area (Å²) in [6.07, 6.45) is 8.12. The standard InChI is InChI=1S/C28H33N4O3/c1-3-30-15-7-16-31(28(33)27(30)22-8-6-9-25(18-22)34-2)24-13-11-21(12-14-24)23-19-29-32(20-23)26-10-4-5-17-35-26/h6,8-9,11-14,18-20,26-27H,1,3-5,7,10,15-17H2,2H3. The largest absolute Gasteiger partial charge is 0.497 e. The number of hydrogen-bond donors (Lipinski definition) is 0. The summed E-state index contributed by atoms with van der Waals surface area (Å²) < 4.78 is 13.2. The van der Waals surface area contributed by atoms with Crippen LogP contribution in [0.3, 0.4) is 0 Å². The molecule has 1 aromatic heterocycles. The molecule has 1 amide bonds. The summed E-state index contributed by atoms with van der Waals surface area (Å²) in [6.45, 7) is 6.93. The van der Waals surface area contributed by atoms with Gasteiger partial charge in [-0.3, -0.25) is 9.69 Å². The highest BCUT2D eigenvalue weighted by atomic mass is 16.5. The molecule has 0 aliphatic carbocycles. The van der Waals surface area contributed by atoms with Crippen LogP contribution in [0.5, 0.6) is 5.75 Å². The summed E-state index contributed by atoms with van der Waals surface area (Å²) in [5, 5.41) is 4.53. The third-order valence-electron chi connectivity index (χ3n) is 6.95. The van der Waals surface area contributed by atoms with Gasteiger partial charge in [0.1, 0.15) is 18.0 Å². The van der Waals surface area contributed by atoms with Crippen molar-refractivity contribution in [2.45, 2.75) is 38.0 Å². The molecule has 183 valence electrons. The van der Waals surface area contributed by atoms with E-state index in [9.17, 15) is 4.79 Å². The summed E-state index contributed by atoms with van der Waals surface area (Å²) in [4.78, 5) is 17.9. The average molecular weight is 474 g/mol. The highest BCUT2D eigenvalue weighted by molar-refractivity contribution is 5.98. The fourth-order valence-electron chi connectivity index (χ4n) is 5.05. The van der Waals surface area contributed by atoms with Gasteiger partial charge < -0.3 is 14.4 Å².